The van der Waals surface area contributed by atoms with Crippen LogP contribution < -0.4 is 14.9 Å². The lowest BCUT2D eigenvalue weighted by atomic mass is 10.5. The first-order valence-electron chi connectivity index (χ1n) is 6.13. The van der Waals surface area contributed by atoms with Crippen molar-refractivity contribution in [3.05, 3.63) is 12.3 Å². The predicted molar refractivity (Wildman–Crippen MR) is 70.8 cm³/mol. The molecule has 0 aliphatic heterocycles. The van der Waals surface area contributed by atoms with Crippen LogP contribution in [0.5, 0.6) is 0 Å². The maximum absolute atomic E-state index is 3.97. The van der Waals surface area contributed by atoms with Crippen LogP contribution in [-0.4, -0.2) is 28.2 Å². The molecular formula is C11H27N3Si. The van der Waals surface area contributed by atoms with Gasteiger partial charge in [0.1, 0.15) is 0 Å². The fraction of sp³-hybridized carbons (Fsp3) is 0.818. The molecule has 3 N–H and O–H groups in total. The van der Waals surface area contributed by atoms with Gasteiger partial charge in [0, 0.05) is 0 Å². The molecule has 3 nitrogen and oxygen atoms in total. The lowest BCUT2D eigenvalue weighted by Crippen LogP contribution is -2.71. The number of hydrogen-bond donors (Lipinski definition) is 3. The van der Waals surface area contributed by atoms with Crippen molar-refractivity contribution in [1.29, 1.82) is 0 Å². The first-order chi connectivity index (χ1) is 7.24. The van der Waals surface area contributed by atoms with Crippen LogP contribution in [-0.2, 0) is 0 Å². The van der Waals surface area contributed by atoms with E-state index < -0.39 is 8.56 Å². The summed E-state index contributed by atoms with van der Waals surface area (Å²) in [5, 5.41) is 0. The second kappa shape index (κ2) is 9.09. The molecule has 0 aromatic heterocycles. The first kappa shape index (κ1) is 14.8. The molecule has 4 heteroatoms. The van der Waals surface area contributed by atoms with Crippen LogP contribution in [0.4, 0.5) is 0 Å². The lowest BCUT2D eigenvalue weighted by molar-refractivity contribution is 0.715. The molecule has 0 fully saturated rings. The van der Waals surface area contributed by atoms with Crippen molar-refractivity contribution in [2.45, 2.75) is 40.0 Å². The molecule has 0 atom stereocenters. The molecule has 0 saturated carbocycles. The summed E-state index contributed by atoms with van der Waals surface area (Å²) < 4.78 is 0. The second-order valence-corrected chi connectivity index (χ2v) is 6.88. The van der Waals surface area contributed by atoms with E-state index in [1.165, 1.54) is 0 Å². The summed E-state index contributed by atoms with van der Waals surface area (Å²) in [7, 11) is -1.82. The maximum Gasteiger partial charge on any atom is 0.307 e. The monoisotopic (exact) mass is 229 g/mol. The summed E-state index contributed by atoms with van der Waals surface area (Å²) in [4.78, 5) is 10.8. The van der Waals surface area contributed by atoms with Gasteiger partial charge in [0.25, 0.3) is 0 Å². The third-order valence-corrected chi connectivity index (χ3v) is 5.30. The largest absolute Gasteiger partial charge is 0.310 e. The average Bonchev–Trinajstić information content (AvgIpc) is 2.29. The van der Waals surface area contributed by atoms with Gasteiger partial charge in [0.15, 0.2) is 0 Å². The van der Waals surface area contributed by atoms with E-state index in [2.05, 4.69) is 48.0 Å². The Labute approximate surface area is 96.0 Å². The van der Waals surface area contributed by atoms with Gasteiger partial charge in [-0.1, -0.05) is 26.5 Å². The van der Waals surface area contributed by atoms with Gasteiger partial charge in [-0.3, -0.25) is 0 Å². The fourth-order valence-corrected chi connectivity index (χ4v) is 4.11. The molecule has 0 aliphatic carbocycles. The molecule has 0 spiro atoms. The van der Waals surface area contributed by atoms with Crippen LogP contribution in [0.2, 0.25) is 0 Å². The second-order valence-electron chi connectivity index (χ2n) is 3.79. The molecule has 0 radical (unpaired) electrons. The molecule has 0 unspecified atom stereocenters. The van der Waals surface area contributed by atoms with E-state index in [-0.39, 0.29) is 0 Å². The highest BCUT2D eigenvalue weighted by Crippen LogP contribution is 1.93. The molecule has 0 amide bonds. The SMILES string of the molecule is C=C[Si](NCCC)(NCCC)NCCC. The zero-order valence-corrected chi connectivity index (χ0v) is 11.5. The molecule has 0 heterocycles. The van der Waals surface area contributed by atoms with Crippen molar-refractivity contribution in [3.63, 3.8) is 0 Å². The normalized spacial score (nSPS) is 11.7. The molecule has 0 saturated heterocycles. The Hall–Kier alpha value is -0.163. The van der Waals surface area contributed by atoms with Crippen molar-refractivity contribution in [2.24, 2.45) is 0 Å². The Morgan fingerprint density at radius 3 is 1.40 bits per heavy atom. The van der Waals surface area contributed by atoms with Gasteiger partial charge < -0.3 is 14.9 Å². The first-order valence-corrected chi connectivity index (χ1v) is 8.21. The van der Waals surface area contributed by atoms with Gasteiger partial charge >= 0.3 is 8.56 Å². The standard InChI is InChI=1S/C11H27N3Si/c1-5-9-12-15(8-4,13-10-6-2)14-11-7-3/h8,12-14H,4-7,9-11H2,1-3H3. The molecule has 0 aromatic carbocycles. The van der Waals surface area contributed by atoms with E-state index in [1.807, 2.05) is 0 Å². The van der Waals surface area contributed by atoms with Crippen molar-refractivity contribution in [3.8, 4) is 0 Å². The fourth-order valence-electron chi connectivity index (χ4n) is 1.37. The number of nitrogens with one attached hydrogen (secondary N) is 3. The minimum atomic E-state index is -1.82. The Balaban J connectivity index is 4.23. The molecule has 0 rings (SSSR count). The Kier molecular flexibility index (Phi) is 8.99. The maximum atomic E-state index is 3.97. The van der Waals surface area contributed by atoms with Crippen molar-refractivity contribution >= 4 is 8.56 Å². The predicted octanol–water partition coefficient (Wildman–Crippen LogP) is 1.65. The molecule has 0 bridgehead atoms. The van der Waals surface area contributed by atoms with Gasteiger partial charge in [0.05, 0.1) is 0 Å². The van der Waals surface area contributed by atoms with Crippen LogP contribution >= 0.6 is 0 Å². The van der Waals surface area contributed by atoms with Crippen LogP contribution in [0.1, 0.15) is 40.0 Å². The van der Waals surface area contributed by atoms with E-state index in [9.17, 15) is 0 Å². The van der Waals surface area contributed by atoms with Gasteiger partial charge in [-0.2, -0.15) is 0 Å². The number of rotatable bonds is 10. The topological polar surface area (TPSA) is 36.1 Å². The minimum absolute atomic E-state index is 1.05. The highest BCUT2D eigenvalue weighted by molar-refractivity contribution is 6.77. The smallest absolute Gasteiger partial charge is 0.307 e. The van der Waals surface area contributed by atoms with Crippen LogP contribution in [0, 0.1) is 0 Å². The minimum Gasteiger partial charge on any atom is -0.310 e. The van der Waals surface area contributed by atoms with Crippen molar-refractivity contribution in [2.75, 3.05) is 19.6 Å². The van der Waals surface area contributed by atoms with E-state index in [0.717, 1.165) is 38.9 Å². The molecular weight excluding hydrogens is 202 g/mol. The highest BCUT2D eigenvalue weighted by atomic mass is 28.4. The summed E-state index contributed by atoms with van der Waals surface area (Å²) in [6, 6.07) is 0. The molecule has 0 aliphatic rings. The summed E-state index contributed by atoms with van der Waals surface area (Å²) >= 11 is 0. The summed E-state index contributed by atoms with van der Waals surface area (Å²) in [6.45, 7) is 13.7. The van der Waals surface area contributed by atoms with Crippen molar-refractivity contribution in [1.82, 2.24) is 14.9 Å². The Morgan fingerprint density at radius 1 is 0.867 bits per heavy atom. The molecule has 0 aromatic rings. The summed E-state index contributed by atoms with van der Waals surface area (Å²) in [5.41, 5.74) is 2.06. The highest BCUT2D eigenvalue weighted by Gasteiger charge is 2.28. The quantitative estimate of drug-likeness (QED) is 0.499. The van der Waals surface area contributed by atoms with Gasteiger partial charge in [0.2, 0.25) is 0 Å². The zero-order chi connectivity index (χ0) is 11.6. The average molecular weight is 229 g/mol. The summed E-state index contributed by atoms with van der Waals surface area (Å²) in [5.74, 6) is 0. The van der Waals surface area contributed by atoms with E-state index in [1.54, 1.807) is 0 Å². The lowest BCUT2D eigenvalue weighted by Gasteiger charge is -2.30. The third-order valence-electron chi connectivity index (χ3n) is 2.27. The Morgan fingerprint density at radius 2 is 1.20 bits per heavy atom. The van der Waals surface area contributed by atoms with E-state index >= 15 is 0 Å². The number of hydrogen-bond acceptors (Lipinski definition) is 3. The third kappa shape index (κ3) is 6.09. The van der Waals surface area contributed by atoms with Crippen LogP contribution in [0.15, 0.2) is 12.3 Å². The van der Waals surface area contributed by atoms with Crippen molar-refractivity contribution < 1.29 is 0 Å². The van der Waals surface area contributed by atoms with Gasteiger partial charge in [-0.25, -0.2) is 0 Å². The molecule has 90 valence electrons. The van der Waals surface area contributed by atoms with E-state index in [4.69, 9.17) is 0 Å². The van der Waals surface area contributed by atoms with Gasteiger partial charge in [-0.15, -0.1) is 6.58 Å². The van der Waals surface area contributed by atoms with Crippen LogP contribution in [0.3, 0.4) is 0 Å². The Bertz CT molecular complexity index is 140. The molecule has 15 heavy (non-hydrogen) atoms. The summed E-state index contributed by atoms with van der Waals surface area (Å²) in [6.07, 6.45) is 3.47. The van der Waals surface area contributed by atoms with E-state index in [0.29, 0.717) is 0 Å². The van der Waals surface area contributed by atoms with Crippen LogP contribution in [0.25, 0.3) is 0 Å². The zero-order valence-electron chi connectivity index (χ0n) is 10.5. The van der Waals surface area contributed by atoms with Gasteiger partial charge in [-0.05, 0) is 38.9 Å².